The van der Waals surface area contributed by atoms with Gasteiger partial charge in [0.15, 0.2) is 6.04 Å². The Labute approximate surface area is 189 Å². The topological polar surface area (TPSA) is 211 Å². The number of thiol groups is 1. The standard InChI is InChI=1S/C19H28N4O8S/c1-9(25)15(19(30)31)23-18(29)14(8-32)22-17(28)13(21-16(27)12(20)7-24)6-10-2-4-11(26)5-3-10/h2-5,9,12-15,24-26,32H,6-8,20H2,1H3,(H,21,27)(H,22,28)(H,23,29)(H,30,31). The molecule has 32 heavy (non-hydrogen) atoms. The van der Waals surface area contributed by atoms with E-state index in [1.807, 2.05) is 0 Å². The van der Waals surface area contributed by atoms with Crippen LogP contribution in [-0.2, 0) is 25.6 Å². The van der Waals surface area contributed by atoms with Gasteiger partial charge in [0.2, 0.25) is 17.7 Å². The van der Waals surface area contributed by atoms with Crippen molar-refractivity contribution in [1.82, 2.24) is 16.0 Å². The van der Waals surface area contributed by atoms with Gasteiger partial charge in [0.25, 0.3) is 0 Å². The molecule has 12 nitrogen and oxygen atoms in total. The van der Waals surface area contributed by atoms with E-state index in [-0.39, 0.29) is 17.9 Å². The largest absolute Gasteiger partial charge is 0.508 e. The average molecular weight is 473 g/mol. The summed E-state index contributed by atoms with van der Waals surface area (Å²) in [6.07, 6.45) is -1.43. The highest BCUT2D eigenvalue weighted by Gasteiger charge is 2.31. The lowest BCUT2D eigenvalue weighted by molar-refractivity contribution is -0.145. The molecule has 0 aliphatic carbocycles. The van der Waals surface area contributed by atoms with Crippen molar-refractivity contribution >= 4 is 36.3 Å². The minimum atomic E-state index is -1.60. The highest BCUT2D eigenvalue weighted by atomic mass is 32.1. The summed E-state index contributed by atoms with van der Waals surface area (Å²) in [6.45, 7) is 0.526. The van der Waals surface area contributed by atoms with Gasteiger partial charge in [-0.05, 0) is 24.6 Å². The summed E-state index contributed by atoms with van der Waals surface area (Å²) in [5.74, 6) is -4.18. The van der Waals surface area contributed by atoms with Crippen LogP contribution in [0.2, 0.25) is 0 Å². The average Bonchev–Trinajstić information content (AvgIpc) is 2.75. The molecule has 1 aromatic rings. The number of carboxylic acids is 1. The van der Waals surface area contributed by atoms with Crippen molar-refractivity contribution in [2.75, 3.05) is 12.4 Å². The lowest BCUT2D eigenvalue weighted by Crippen LogP contribution is -2.59. The molecular weight excluding hydrogens is 444 g/mol. The predicted molar refractivity (Wildman–Crippen MR) is 116 cm³/mol. The molecule has 0 fully saturated rings. The third-order valence-corrected chi connectivity index (χ3v) is 4.77. The SMILES string of the molecule is CC(O)C(NC(=O)C(CS)NC(=O)C(Cc1ccc(O)cc1)NC(=O)C(N)CO)C(=O)O. The number of carbonyl (C=O) groups excluding carboxylic acids is 3. The zero-order valence-electron chi connectivity index (χ0n) is 17.3. The number of hydrogen-bond donors (Lipinski definition) is 9. The maximum Gasteiger partial charge on any atom is 0.328 e. The number of amides is 3. The fraction of sp³-hybridized carbons (Fsp3) is 0.474. The van der Waals surface area contributed by atoms with Crippen LogP contribution in [0.15, 0.2) is 24.3 Å². The molecule has 5 unspecified atom stereocenters. The Bertz CT molecular complexity index is 805. The number of aliphatic hydroxyl groups excluding tert-OH is 2. The molecule has 1 rings (SSSR count). The van der Waals surface area contributed by atoms with Gasteiger partial charge in [-0.1, -0.05) is 12.1 Å². The minimum absolute atomic E-state index is 0.000930. The molecular formula is C19H28N4O8S. The Morgan fingerprint density at radius 1 is 1.00 bits per heavy atom. The second-order valence-electron chi connectivity index (χ2n) is 7.03. The zero-order chi connectivity index (χ0) is 24.4. The van der Waals surface area contributed by atoms with E-state index in [1.165, 1.54) is 31.2 Å². The molecule has 0 aliphatic rings. The van der Waals surface area contributed by atoms with Crippen LogP contribution in [0, 0.1) is 0 Å². The van der Waals surface area contributed by atoms with Crippen molar-refractivity contribution in [2.45, 2.75) is 43.6 Å². The molecule has 0 radical (unpaired) electrons. The van der Waals surface area contributed by atoms with Crippen molar-refractivity contribution in [1.29, 1.82) is 0 Å². The number of aromatic hydroxyl groups is 1. The number of hydrogen-bond acceptors (Lipinski definition) is 9. The van der Waals surface area contributed by atoms with Gasteiger partial charge in [-0.15, -0.1) is 0 Å². The Hall–Kier alpha value is -2.87. The summed E-state index contributed by atoms with van der Waals surface area (Å²) in [4.78, 5) is 48.5. The molecule has 13 heteroatoms. The van der Waals surface area contributed by atoms with E-state index in [9.17, 15) is 29.4 Å². The fourth-order valence-corrected chi connectivity index (χ4v) is 2.80. The van der Waals surface area contributed by atoms with E-state index in [2.05, 4.69) is 28.6 Å². The van der Waals surface area contributed by atoms with E-state index in [4.69, 9.17) is 15.9 Å². The number of phenolic OH excluding ortho intramolecular Hbond substituents is 1. The Morgan fingerprint density at radius 3 is 2.00 bits per heavy atom. The quantitative estimate of drug-likeness (QED) is 0.143. The molecule has 178 valence electrons. The van der Waals surface area contributed by atoms with Crippen LogP contribution in [0.5, 0.6) is 5.75 Å². The van der Waals surface area contributed by atoms with Crippen LogP contribution < -0.4 is 21.7 Å². The number of phenols is 1. The summed E-state index contributed by atoms with van der Waals surface area (Å²) in [7, 11) is 0. The molecule has 5 atom stereocenters. The summed E-state index contributed by atoms with van der Waals surface area (Å²) < 4.78 is 0. The second kappa shape index (κ2) is 12.9. The molecule has 3 amide bonds. The van der Waals surface area contributed by atoms with E-state index in [1.54, 1.807) is 0 Å². The first-order valence-corrected chi connectivity index (χ1v) is 10.2. The van der Waals surface area contributed by atoms with Crippen molar-refractivity contribution in [3.63, 3.8) is 0 Å². The predicted octanol–water partition coefficient (Wildman–Crippen LogP) is -2.90. The first kappa shape index (κ1) is 27.2. The van der Waals surface area contributed by atoms with Crippen LogP contribution in [0.1, 0.15) is 12.5 Å². The van der Waals surface area contributed by atoms with Gasteiger partial charge in [-0.3, -0.25) is 14.4 Å². The van der Waals surface area contributed by atoms with E-state index in [0.717, 1.165) is 0 Å². The van der Waals surface area contributed by atoms with E-state index in [0.29, 0.717) is 5.56 Å². The second-order valence-corrected chi connectivity index (χ2v) is 7.39. The van der Waals surface area contributed by atoms with Crippen molar-refractivity contribution < 1.29 is 39.6 Å². The third-order valence-electron chi connectivity index (χ3n) is 4.40. The first-order valence-electron chi connectivity index (χ1n) is 9.57. The third kappa shape index (κ3) is 8.34. The Kier molecular flexibility index (Phi) is 10.9. The maximum atomic E-state index is 12.8. The molecule has 9 N–H and O–H groups in total. The van der Waals surface area contributed by atoms with Gasteiger partial charge in [0.05, 0.1) is 12.7 Å². The number of aliphatic carboxylic acids is 1. The van der Waals surface area contributed by atoms with Gasteiger partial charge in [-0.25, -0.2) is 4.79 Å². The number of carbonyl (C=O) groups is 4. The number of rotatable bonds is 12. The van der Waals surface area contributed by atoms with Crippen LogP contribution in [0.25, 0.3) is 0 Å². The van der Waals surface area contributed by atoms with Crippen LogP contribution in [0.4, 0.5) is 0 Å². The normalized spacial score (nSPS) is 15.5. The van der Waals surface area contributed by atoms with Crippen molar-refractivity contribution in [3.8, 4) is 5.75 Å². The van der Waals surface area contributed by atoms with Crippen molar-refractivity contribution in [2.24, 2.45) is 5.73 Å². The highest BCUT2D eigenvalue weighted by Crippen LogP contribution is 2.12. The van der Waals surface area contributed by atoms with Gasteiger partial charge < -0.3 is 42.1 Å². The fourth-order valence-electron chi connectivity index (χ4n) is 2.55. The number of carboxylic acid groups (broad SMARTS) is 1. The summed E-state index contributed by atoms with van der Waals surface area (Å²) >= 11 is 4.00. The van der Waals surface area contributed by atoms with Gasteiger partial charge in [0.1, 0.15) is 23.9 Å². The Balaban J connectivity index is 2.99. The minimum Gasteiger partial charge on any atom is -0.508 e. The molecule has 0 bridgehead atoms. The number of nitrogens with one attached hydrogen (secondary N) is 3. The van der Waals surface area contributed by atoms with Crippen molar-refractivity contribution in [3.05, 3.63) is 29.8 Å². The van der Waals surface area contributed by atoms with E-state index >= 15 is 0 Å². The van der Waals surface area contributed by atoms with Gasteiger partial charge in [-0.2, -0.15) is 12.6 Å². The number of benzene rings is 1. The number of aliphatic hydroxyl groups is 2. The molecule has 0 spiro atoms. The lowest BCUT2D eigenvalue weighted by atomic mass is 10.0. The molecule has 0 saturated heterocycles. The van der Waals surface area contributed by atoms with Crippen LogP contribution in [0.3, 0.4) is 0 Å². The monoisotopic (exact) mass is 472 g/mol. The summed E-state index contributed by atoms with van der Waals surface area (Å²) in [6, 6.07) is 0.445. The van der Waals surface area contributed by atoms with E-state index < -0.39 is 60.6 Å². The summed E-state index contributed by atoms with van der Waals surface area (Å²) in [5, 5.41) is 44.0. The Morgan fingerprint density at radius 2 is 1.53 bits per heavy atom. The maximum absolute atomic E-state index is 12.8. The van der Waals surface area contributed by atoms with Gasteiger partial charge >= 0.3 is 5.97 Å². The molecule has 0 heterocycles. The number of nitrogens with two attached hydrogens (primary N) is 1. The smallest absolute Gasteiger partial charge is 0.328 e. The summed E-state index contributed by atoms with van der Waals surface area (Å²) in [5.41, 5.74) is 6.05. The molecule has 0 aliphatic heterocycles. The molecule has 0 saturated carbocycles. The zero-order valence-corrected chi connectivity index (χ0v) is 18.2. The highest BCUT2D eigenvalue weighted by molar-refractivity contribution is 7.80. The van der Waals surface area contributed by atoms with Crippen LogP contribution in [-0.4, -0.2) is 86.7 Å². The lowest BCUT2D eigenvalue weighted by Gasteiger charge is -2.25. The molecule has 0 aromatic heterocycles. The van der Waals surface area contributed by atoms with Crippen LogP contribution >= 0.6 is 12.6 Å². The first-order chi connectivity index (χ1) is 15.0. The molecule has 1 aromatic carbocycles. The van der Waals surface area contributed by atoms with Gasteiger partial charge in [0, 0.05) is 12.2 Å².